The summed E-state index contributed by atoms with van der Waals surface area (Å²) < 4.78 is 16.0. The second kappa shape index (κ2) is 8.73. The molecule has 0 aliphatic heterocycles. The van der Waals surface area contributed by atoms with Gasteiger partial charge in [-0.3, -0.25) is 0 Å². The lowest BCUT2D eigenvalue weighted by Crippen LogP contribution is -2.05. The summed E-state index contributed by atoms with van der Waals surface area (Å²) in [6, 6.07) is 7.60. The van der Waals surface area contributed by atoms with Gasteiger partial charge in [-0.05, 0) is 29.6 Å². The summed E-state index contributed by atoms with van der Waals surface area (Å²) in [6.45, 7) is 0.0912. The normalized spacial score (nSPS) is 10.7. The summed E-state index contributed by atoms with van der Waals surface area (Å²) in [5.74, 6) is 0.841. The first-order chi connectivity index (χ1) is 14.2. The van der Waals surface area contributed by atoms with Crippen molar-refractivity contribution in [2.75, 3.05) is 14.2 Å². The Hall–Kier alpha value is -2.75. The Bertz CT molecular complexity index is 1120. The van der Waals surface area contributed by atoms with E-state index >= 15 is 0 Å². The van der Waals surface area contributed by atoms with Gasteiger partial charge in [0.1, 0.15) is 16.6 Å². The van der Waals surface area contributed by atoms with E-state index in [1.807, 2.05) is 40.4 Å². The standard InChI is InChI=1S/C20H16N2O4S3/c1-24-16-4-3-12(7-17(16)25-2)18-21-14(10-28-18)8-26-20(23)15-11-29-19(22-15)13-5-6-27-9-13/h3-7,9-11H,8H2,1-2H3. The van der Waals surface area contributed by atoms with E-state index in [9.17, 15) is 4.79 Å². The van der Waals surface area contributed by atoms with Crippen molar-refractivity contribution in [1.29, 1.82) is 0 Å². The van der Waals surface area contributed by atoms with Crippen LogP contribution in [0.4, 0.5) is 0 Å². The van der Waals surface area contributed by atoms with Gasteiger partial charge in [0.2, 0.25) is 0 Å². The van der Waals surface area contributed by atoms with Gasteiger partial charge in [0.05, 0.1) is 19.9 Å². The van der Waals surface area contributed by atoms with Gasteiger partial charge in [-0.25, -0.2) is 14.8 Å². The SMILES string of the molecule is COc1ccc(-c2nc(COC(=O)c3csc(-c4ccsc4)n3)cs2)cc1OC. The Kier molecular flexibility index (Phi) is 5.89. The van der Waals surface area contributed by atoms with Crippen LogP contribution in [-0.4, -0.2) is 30.2 Å². The van der Waals surface area contributed by atoms with E-state index in [1.165, 1.54) is 22.7 Å². The molecule has 29 heavy (non-hydrogen) atoms. The fourth-order valence-corrected chi connectivity index (χ4v) is 4.88. The topological polar surface area (TPSA) is 70.5 Å². The molecule has 0 saturated carbocycles. The molecule has 0 spiro atoms. The van der Waals surface area contributed by atoms with E-state index in [0.29, 0.717) is 22.9 Å². The molecule has 3 heterocycles. The van der Waals surface area contributed by atoms with Crippen LogP contribution in [0.1, 0.15) is 16.2 Å². The third-order valence-electron chi connectivity index (χ3n) is 4.01. The lowest BCUT2D eigenvalue weighted by Gasteiger charge is -2.08. The molecule has 0 atom stereocenters. The summed E-state index contributed by atoms with van der Waals surface area (Å²) in [6.07, 6.45) is 0. The fraction of sp³-hybridized carbons (Fsp3) is 0.150. The number of rotatable bonds is 7. The van der Waals surface area contributed by atoms with Crippen molar-refractivity contribution >= 4 is 40.0 Å². The van der Waals surface area contributed by atoms with Crippen LogP contribution in [-0.2, 0) is 11.3 Å². The highest BCUT2D eigenvalue weighted by atomic mass is 32.1. The van der Waals surface area contributed by atoms with Gasteiger partial charge in [0, 0.05) is 27.3 Å². The van der Waals surface area contributed by atoms with E-state index < -0.39 is 5.97 Å². The van der Waals surface area contributed by atoms with Crippen molar-refractivity contribution in [2.45, 2.75) is 6.61 Å². The van der Waals surface area contributed by atoms with Crippen molar-refractivity contribution < 1.29 is 19.0 Å². The van der Waals surface area contributed by atoms with Gasteiger partial charge >= 0.3 is 5.97 Å². The number of benzene rings is 1. The molecule has 4 aromatic rings. The Morgan fingerprint density at radius 3 is 2.48 bits per heavy atom. The highest BCUT2D eigenvalue weighted by Gasteiger charge is 2.15. The van der Waals surface area contributed by atoms with Crippen LogP contribution >= 0.6 is 34.0 Å². The summed E-state index contributed by atoms with van der Waals surface area (Å²) in [7, 11) is 3.19. The molecule has 1 aromatic carbocycles. The molecule has 0 unspecified atom stereocenters. The van der Waals surface area contributed by atoms with Crippen molar-refractivity contribution in [2.24, 2.45) is 0 Å². The highest BCUT2D eigenvalue weighted by molar-refractivity contribution is 7.14. The molecule has 9 heteroatoms. The Morgan fingerprint density at radius 1 is 0.931 bits per heavy atom. The minimum atomic E-state index is -0.455. The molecule has 0 aliphatic carbocycles. The summed E-state index contributed by atoms with van der Waals surface area (Å²) >= 11 is 4.49. The van der Waals surface area contributed by atoms with Crippen LogP contribution < -0.4 is 9.47 Å². The molecule has 0 aliphatic rings. The number of thiazole rings is 2. The van der Waals surface area contributed by atoms with E-state index in [0.717, 1.165) is 21.1 Å². The number of thiophene rings is 1. The summed E-state index contributed by atoms with van der Waals surface area (Å²) in [4.78, 5) is 21.2. The predicted molar refractivity (Wildman–Crippen MR) is 115 cm³/mol. The fourth-order valence-electron chi connectivity index (χ4n) is 2.57. The maximum absolute atomic E-state index is 12.3. The number of methoxy groups -OCH3 is 2. The molecule has 0 amide bonds. The average molecular weight is 445 g/mol. The van der Waals surface area contributed by atoms with Crippen LogP contribution in [0.3, 0.4) is 0 Å². The zero-order valence-electron chi connectivity index (χ0n) is 15.6. The largest absolute Gasteiger partial charge is 0.493 e. The second-order valence-corrected chi connectivity index (χ2v) is 8.34. The first-order valence-electron chi connectivity index (χ1n) is 8.50. The molecular formula is C20H16N2O4S3. The number of hydrogen-bond acceptors (Lipinski definition) is 9. The number of esters is 1. The zero-order valence-corrected chi connectivity index (χ0v) is 18.0. The van der Waals surface area contributed by atoms with E-state index in [4.69, 9.17) is 14.2 Å². The third-order valence-corrected chi connectivity index (χ3v) is 6.53. The van der Waals surface area contributed by atoms with Gasteiger partial charge in [0.25, 0.3) is 0 Å². The number of carbonyl (C=O) groups is 1. The minimum Gasteiger partial charge on any atom is -0.493 e. The molecule has 0 saturated heterocycles. The van der Waals surface area contributed by atoms with E-state index in [1.54, 1.807) is 30.9 Å². The number of carbonyl (C=O) groups excluding carboxylic acids is 1. The van der Waals surface area contributed by atoms with Gasteiger partial charge in [-0.1, -0.05) is 0 Å². The van der Waals surface area contributed by atoms with Gasteiger partial charge < -0.3 is 14.2 Å². The highest BCUT2D eigenvalue weighted by Crippen LogP contribution is 2.33. The molecule has 4 rings (SSSR count). The molecule has 148 valence electrons. The monoisotopic (exact) mass is 444 g/mol. The Morgan fingerprint density at radius 2 is 1.72 bits per heavy atom. The van der Waals surface area contributed by atoms with Crippen LogP contribution in [0.5, 0.6) is 11.5 Å². The molecule has 3 aromatic heterocycles. The lowest BCUT2D eigenvalue weighted by molar-refractivity contribution is 0.0462. The third kappa shape index (κ3) is 4.31. The Labute approximate surface area is 179 Å². The van der Waals surface area contributed by atoms with Crippen LogP contribution in [0, 0.1) is 0 Å². The zero-order chi connectivity index (χ0) is 20.2. The van der Waals surface area contributed by atoms with E-state index in [2.05, 4.69) is 9.97 Å². The predicted octanol–water partition coefficient (Wildman–Crippen LogP) is 5.37. The van der Waals surface area contributed by atoms with Crippen LogP contribution in [0.2, 0.25) is 0 Å². The molecule has 0 bridgehead atoms. The van der Waals surface area contributed by atoms with Crippen molar-refractivity contribution in [1.82, 2.24) is 9.97 Å². The first kappa shape index (κ1) is 19.6. The average Bonchev–Trinajstić information content (AvgIpc) is 3.52. The van der Waals surface area contributed by atoms with Gasteiger partial charge in [-0.15, -0.1) is 22.7 Å². The Balaban J connectivity index is 1.41. The van der Waals surface area contributed by atoms with Gasteiger partial charge in [0.15, 0.2) is 17.2 Å². The van der Waals surface area contributed by atoms with Crippen molar-refractivity contribution in [3.05, 3.63) is 57.2 Å². The van der Waals surface area contributed by atoms with E-state index in [-0.39, 0.29) is 6.61 Å². The van der Waals surface area contributed by atoms with Crippen LogP contribution in [0.15, 0.2) is 45.8 Å². The van der Waals surface area contributed by atoms with Gasteiger partial charge in [-0.2, -0.15) is 11.3 Å². The molecule has 0 N–H and O–H groups in total. The lowest BCUT2D eigenvalue weighted by atomic mass is 10.2. The maximum atomic E-state index is 12.3. The second-order valence-electron chi connectivity index (χ2n) is 5.84. The minimum absolute atomic E-state index is 0.0912. The molecular weight excluding hydrogens is 428 g/mol. The van der Waals surface area contributed by atoms with Crippen LogP contribution in [0.25, 0.3) is 21.1 Å². The number of ether oxygens (including phenoxy) is 3. The van der Waals surface area contributed by atoms with Crippen molar-refractivity contribution in [3.8, 4) is 32.6 Å². The smallest absolute Gasteiger partial charge is 0.358 e. The summed E-state index contributed by atoms with van der Waals surface area (Å²) in [5, 5.41) is 9.18. The molecule has 6 nitrogen and oxygen atoms in total. The molecule has 0 fully saturated rings. The first-order valence-corrected chi connectivity index (χ1v) is 11.2. The maximum Gasteiger partial charge on any atom is 0.358 e. The summed E-state index contributed by atoms with van der Waals surface area (Å²) in [5.41, 5.74) is 2.91. The number of hydrogen-bond donors (Lipinski definition) is 0. The molecule has 0 radical (unpaired) electrons. The number of aromatic nitrogens is 2. The number of nitrogens with zero attached hydrogens (tertiary/aromatic N) is 2. The quantitative estimate of drug-likeness (QED) is 0.357. The van der Waals surface area contributed by atoms with Crippen molar-refractivity contribution in [3.63, 3.8) is 0 Å².